The number of likely N-dealkylation sites (N-methyl/N-ethyl adjacent to an activating group) is 1. The number of methoxy groups -OCH3 is 1. The van der Waals surface area contributed by atoms with Gasteiger partial charge in [-0.15, -0.1) is 0 Å². The van der Waals surface area contributed by atoms with Gasteiger partial charge in [-0.05, 0) is 98.0 Å². The van der Waals surface area contributed by atoms with E-state index in [1.807, 2.05) is 12.1 Å². The molecule has 4 aromatic rings. The Morgan fingerprint density at radius 2 is 1.84 bits per heavy atom. The van der Waals surface area contributed by atoms with Crippen LogP contribution in [0.3, 0.4) is 0 Å². The lowest BCUT2D eigenvalue weighted by atomic mass is 9.87. The van der Waals surface area contributed by atoms with Crippen molar-refractivity contribution < 1.29 is 4.74 Å². The number of fused-ring (bicyclic) bond motifs is 2. The molecule has 0 bridgehead atoms. The molecule has 10 heteroatoms. The quantitative estimate of drug-likeness (QED) is 0.279. The van der Waals surface area contributed by atoms with Crippen LogP contribution in [0.4, 0.5) is 23.1 Å². The maximum atomic E-state index is 5.74. The molecule has 5 rings (SSSR count). The molecule has 0 aliphatic heterocycles. The summed E-state index contributed by atoms with van der Waals surface area (Å²) in [5.41, 5.74) is 6.33. The lowest BCUT2D eigenvalue weighted by molar-refractivity contribution is 0.268. The minimum Gasteiger partial charge on any atom is -0.495 e. The van der Waals surface area contributed by atoms with Crippen LogP contribution in [0.5, 0.6) is 5.75 Å². The molecule has 0 radical (unpaired) electrons. The molecule has 2 aromatic heterocycles. The third-order valence-electron chi connectivity index (χ3n) is 6.76. The predicted octanol–water partition coefficient (Wildman–Crippen LogP) is 5.46. The van der Waals surface area contributed by atoms with E-state index < -0.39 is 7.92 Å². The Hall–Kier alpha value is -2.87. The Morgan fingerprint density at radius 3 is 2.59 bits per heavy atom. The fraction of sp³-hybridized carbons (Fsp3) is 0.333. The van der Waals surface area contributed by atoms with Crippen molar-refractivity contribution in [2.45, 2.75) is 25.3 Å². The first-order chi connectivity index (χ1) is 17.8. The summed E-state index contributed by atoms with van der Waals surface area (Å²) in [6, 6.07) is 8.92. The highest BCUT2D eigenvalue weighted by atomic mass is 79.9. The summed E-state index contributed by atoms with van der Waals surface area (Å²) >= 11 is 3.61. The minimum absolute atomic E-state index is 0.447. The van der Waals surface area contributed by atoms with Gasteiger partial charge in [0.25, 0.3) is 0 Å². The summed E-state index contributed by atoms with van der Waals surface area (Å²) in [6.07, 6.45) is 8.42. The predicted molar refractivity (Wildman–Crippen MR) is 157 cm³/mol. The standard InChI is InChI=1S/C27H31BrN7OP/c1-35(2)18-7-6-16-13-22(23(36-3)14-17(16)12-18)33-27-31-15-19(28)26(34-27)32-21-9-8-20-24(25(21)37(4)5)30-11-10-29-20/h8-11,13-15,18H,6-7,12H2,1-5H3,(H2,31,32,33,34)/t18-/m1/s1. The monoisotopic (exact) mass is 579 g/mol. The highest BCUT2D eigenvalue weighted by molar-refractivity contribution is 9.10. The second-order valence-electron chi connectivity index (χ2n) is 9.60. The molecule has 192 valence electrons. The molecule has 2 heterocycles. The van der Waals surface area contributed by atoms with E-state index >= 15 is 0 Å². The number of hydrogen-bond acceptors (Lipinski definition) is 8. The van der Waals surface area contributed by atoms with E-state index in [2.05, 4.69) is 86.0 Å². The van der Waals surface area contributed by atoms with Gasteiger partial charge in [-0.2, -0.15) is 4.98 Å². The molecule has 37 heavy (non-hydrogen) atoms. The zero-order valence-electron chi connectivity index (χ0n) is 21.7. The molecule has 0 spiro atoms. The van der Waals surface area contributed by atoms with Gasteiger partial charge >= 0.3 is 0 Å². The Balaban J connectivity index is 1.45. The molecule has 1 atom stereocenters. The third-order valence-corrected chi connectivity index (χ3v) is 8.69. The highest BCUT2D eigenvalue weighted by Crippen LogP contribution is 2.36. The number of ether oxygens (including phenoxy) is 1. The normalized spacial score (nSPS) is 15.2. The molecular formula is C27H31BrN7OP. The van der Waals surface area contributed by atoms with Crippen LogP contribution in [-0.2, 0) is 12.8 Å². The van der Waals surface area contributed by atoms with Gasteiger partial charge in [-0.25, -0.2) is 4.98 Å². The summed E-state index contributed by atoms with van der Waals surface area (Å²) in [5.74, 6) is 1.95. The SMILES string of the molecule is COc1cc2c(cc1Nc1ncc(Br)c(Nc3ccc4nccnc4c3P(C)C)n1)CC[C@@H](N(C)C)C2. The number of anilines is 4. The average Bonchev–Trinajstić information content (AvgIpc) is 2.89. The van der Waals surface area contributed by atoms with Crippen molar-refractivity contribution >= 4 is 63.3 Å². The van der Waals surface area contributed by atoms with E-state index in [0.717, 1.165) is 57.2 Å². The van der Waals surface area contributed by atoms with Crippen LogP contribution >= 0.6 is 23.9 Å². The number of benzene rings is 2. The topological polar surface area (TPSA) is 88.1 Å². The van der Waals surface area contributed by atoms with Gasteiger partial charge in [0, 0.05) is 35.6 Å². The first-order valence-corrected chi connectivity index (χ1v) is 15.2. The van der Waals surface area contributed by atoms with E-state index in [1.165, 1.54) is 11.1 Å². The van der Waals surface area contributed by atoms with Crippen molar-refractivity contribution in [3.63, 3.8) is 0 Å². The summed E-state index contributed by atoms with van der Waals surface area (Å²) in [6.45, 7) is 4.43. The first kappa shape index (κ1) is 25.8. The largest absolute Gasteiger partial charge is 0.495 e. The Kier molecular flexibility index (Phi) is 7.56. The van der Waals surface area contributed by atoms with Gasteiger partial charge in [0.2, 0.25) is 5.95 Å². The van der Waals surface area contributed by atoms with Crippen molar-refractivity contribution in [3.8, 4) is 5.75 Å². The number of nitrogens with zero attached hydrogens (tertiary/aromatic N) is 5. The van der Waals surface area contributed by atoms with Crippen LogP contribution < -0.4 is 20.7 Å². The summed E-state index contributed by atoms with van der Waals surface area (Å²) in [5, 5.41) is 8.06. The molecule has 0 unspecified atom stereocenters. The van der Waals surface area contributed by atoms with Crippen molar-refractivity contribution in [1.29, 1.82) is 0 Å². The van der Waals surface area contributed by atoms with Gasteiger partial charge in [-0.3, -0.25) is 9.97 Å². The summed E-state index contributed by atoms with van der Waals surface area (Å²) in [4.78, 5) is 20.7. The molecule has 1 aliphatic rings. The zero-order chi connectivity index (χ0) is 26.1. The fourth-order valence-corrected chi connectivity index (χ4v) is 6.31. The molecule has 2 N–H and O–H groups in total. The van der Waals surface area contributed by atoms with Crippen molar-refractivity contribution in [1.82, 2.24) is 24.8 Å². The Bertz CT molecular complexity index is 1450. The van der Waals surface area contributed by atoms with Crippen LogP contribution in [0.15, 0.2) is 47.3 Å². The second-order valence-corrected chi connectivity index (χ2v) is 12.7. The van der Waals surface area contributed by atoms with Crippen molar-refractivity contribution in [3.05, 3.63) is 58.5 Å². The number of aromatic nitrogens is 4. The van der Waals surface area contributed by atoms with Crippen molar-refractivity contribution in [2.24, 2.45) is 0 Å². The minimum atomic E-state index is -0.447. The van der Waals surface area contributed by atoms with Gasteiger partial charge in [0.15, 0.2) is 0 Å². The average molecular weight is 580 g/mol. The molecule has 0 saturated carbocycles. The molecule has 0 fully saturated rings. The number of hydrogen-bond donors (Lipinski definition) is 2. The summed E-state index contributed by atoms with van der Waals surface area (Å²) in [7, 11) is 5.55. The van der Waals surface area contributed by atoms with Crippen molar-refractivity contribution in [2.75, 3.05) is 45.2 Å². The van der Waals surface area contributed by atoms with Crippen LogP contribution in [0, 0.1) is 0 Å². The van der Waals surface area contributed by atoms with Gasteiger partial charge in [-0.1, -0.05) is 7.92 Å². The molecule has 1 aliphatic carbocycles. The highest BCUT2D eigenvalue weighted by Gasteiger charge is 2.23. The first-order valence-electron chi connectivity index (χ1n) is 12.2. The zero-order valence-corrected chi connectivity index (χ0v) is 24.2. The smallest absolute Gasteiger partial charge is 0.229 e. The molecule has 0 saturated heterocycles. The van der Waals surface area contributed by atoms with E-state index in [4.69, 9.17) is 9.72 Å². The van der Waals surface area contributed by atoms with Crippen LogP contribution in [0.2, 0.25) is 0 Å². The third kappa shape index (κ3) is 5.40. The Morgan fingerprint density at radius 1 is 1.03 bits per heavy atom. The fourth-order valence-electron chi connectivity index (χ4n) is 4.81. The number of nitrogens with one attached hydrogen (secondary N) is 2. The Labute approximate surface area is 227 Å². The lowest BCUT2D eigenvalue weighted by Gasteiger charge is -2.30. The molecule has 0 amide bonds. The van der Waals surface area contributed by atoms with Crippen LogP contribution in [-0.4, -0.2) is 65.4 Å². The van der Waals surface area contributed by atoms with Crippen LogP contribution in [0.1, 0.15) is 17.5 Å². The summed E-state index contributed by atoms with van der Waals surface area (Å²) < 4.78 is 6.51. The number of rotatable bonds is 7. The number of halogens is 1. The molecule has 8 nitrogen and oxygen atoms in total. The van der Waals surface area contributed by atoms with Gasteiger partial charge < -0.3 is 20.3 Å². The van der Waals surface area contributed by atoms with Gasteiger partial charge in [0.05, 0.1) is 28.3 Å². The molecular weight excluding hydrogens is 549 g/mol. The van der Waals surface area contributed by atoms with Crippen LogP contribution in [0.25, 0.3) is 11.0 Å². The maximum Gasteiger partial charge on any atom is 0.229 e. The van der Waals surface area contributed by atoms with E-state index in [1.54, 1.807) is 25.7 Å². The van der Waals surface area contributed by atoms with E-state index in [9.17, 15) is 0 Å². The van der Waals surface area contributed by atoms with E-state index in [0.29, 0.717) is 17.8 Å². The second kappa shape index (κ2) is 10.9. The molecule has 2 aromatic carbocycles. The number of aryl methyl sites for hydroxylation is 1. The van der Waals surface area contributed by atoms with E-state index in [-0.39, 0.29) is 0 Å². The van der Waals surface area contributed by atoms with Gasteiger partial charge in [0.1, 0.15) is 11.6 Å². The lowest BCUT2D eigenvalue weighted by Crippen LogP contribution is -2.33. The maximum absolute atomic E-state index is 5.74.